The molecule has 66 heavy (non-hydrogen) atoms. The van der Waals surface area contributed by atoms with Crippen LogP contribution in [-0.4, -0.2) is 22.1 Å². The van der Waals surface area contributed by atoms with E-state index in [9.17, 15) is 10.1 Å². The second-order valence-corrected chi connectivity index (χ2v) is 20.7. The minimum Gasteiger partial charge on any atom is -0.309 e. The van der Waals surface area contributed by atoms with Gasteiger partial charge in [0.05, 0.1) is 32.7 Å². The van der Waals surface area contributed by atoms with Crippen molar-refractivity contribution in [3.63, 3.8) is 0 Å². The van der Waals surface area contributed by atoms with E-state index < -0.39 is 8.07 Å². The summed E-state index contributed by atoms with van der Waals surface area (Å²) < 4.78 is 4.75. The molecule has 6 heteroatoms. The van der Waals surface area contributed by atoms with E-state index in [1.165, 1.54) is 31.5 Å². The van der Waals surface area contributed by atoms with Crippen LogP contribution in [0.1, 0.15) is 0 Å². The first-order chi connectivity index (χ1) is 32.6. The van der Waals surface area contributed by atoms with Crippen LogP contribution < -0.4 is 20.7 Å². The number of nitro benzene ring substituents is 1. The molecular formula is C60H41N3O2Si. The molecular weight excluding hydrogens is 823 g/mol. The molecule has 5 nitrogen and oxygen atoms in total. The average molecular weight is 864 g/mol. The van der Waals surface area contributed by atoms with Gasteiger partial charge < -0.3 is 9.13 Å². The van der Waals surface area contributed by atoms with Crippen LogP contribution in [0.2, 0.25) is 0 Å². The van der Waals surface area contributed by atoms with Crippen LogP contribution in [0.4, 0.5) is 5.69 Å². The lowest BCUT2D eigenvalue weighted by Crippen LogP contribution is -2.74. The molecule has 0 saturated heterocycles. The van der Waals surface area contributed by atoms with Crippen molar-refractivity contribution in [2.45, 2.75) is 0 Å². The molecule has 0 bridgehead atoms. The average Bonchev–Trinajstić information content (AvgIpc) is 3.89. The third kappa shape index (κ3) is 6.14. The number of para-hydroxylation sites is 2. The summed E-state index contributed by atoms with van der Waals surface area (Å²) in [6.07, 6.45) is 0. The lowest BCUT2D eigenvalue weighted by atomic mass is 9.94. The fraction of sp³-hybridized carbons (Fsp3) is 0. The second kappa shape index (κ2) is 15.9. The Kier molecular flexibility index (Phi) is 9.40. The predicted molar refractivity (Wildman–Crippen MR) is 276 cm³/mol. The van der Waals surface area contributed by atoms with Crippen molar-refractivity contribution in [2.24, 2.45) is 0 Å². The van der Waals surface area contributed by atoms with Crippen LogP contribution in [0.25, 0.3) is 77.2 Å². The van der Waals surface area contributed by atoms with Gasteiger partial charge in [-0.2, -0.15) is 0 Å². The van der Waals surface area contributed by atoms with Crippen molar-refractivity contribution in [1.29, 1.82) is 0 Å². The molecule has 0 radical (unpaired) electrons. The smallest absolute Gasteiger partial charge is 0.270 e. The first-order valence-corrected chi connectivity index (χ1v) is 24.3. The molecule has 12 rings (SSSR count). The van der Waals surface area contributed by atoms with Crippen LogP contribution in [0.3, 0.4) is 0 Å². The first kappa shape index (κ1) is 39.0. The summed E-state index contributed by atoms with van der Waals surface area (Å²) >= 11 is 0. The van der Waals surface area contributed by atoms with Crippen molar-refractivity contribution < 1.29 is 4.92 Å². The number of nitrogens with zero attached hydrogens (tertiary/aromatic N) is 3. The summed E-state index contributed by atoms with van der Waals surface area (Å²) in [5.41, 5.74) is 9.66. The minimum atomic E-state index is -2.84. The zero-order chi connectivity index (χ0) is 44.2. The fourth-order valence-corrected chi connectivity index (χ4v) is 15.3. The Morgan fingerprint density at radius 2 is 0.773 bits per heavy atom. The summed E-state index contributed by atoms with van der Waals surface area (Å²) in [6, 6.07) is 88.0. The lowest BCUT2D eigenvalue weighted by Gasteiger charge is -2.34. The zero-order valence-corrected chi connectivity index (χ0v) is 36.8. The number of non-ortho nitro benzene ring substituents is 1. The molecule has 0 saturated carbocycles. The van der Waals surface area contributed by atoms with Crippen LogP contribution in [0, 0.1) is 10.1 Å². The molecule has 0 aliphatic carbocycles. The van der Waals surface area contributed by atoms with Gasteiger partial charge in [0.25, 0.3) is 5.69 Å². The molecule has 0 amide bonds. The number of aromatic nitrogens is 2. The van der Waals surface area contributed by atoms with E-state index in [1.807, 2.05) is 60.7 Å². The number of fused-ring (bicyclic) bond motifs is 6. The fourth-order valence-electron chi connectivity index (χ4n) is 10.5. The predicted octanol–water partition coefficient (Wildman–Crippen LogP) is 12.5. The van der Waals surface area contributed by atoms with Crippen molar-refractivity contribution in [1.82, 2.24) is 9.13 Å². The Balaban J connectivity index is 1.15. The number of benzene rings is 10. The molecule has 2 heterocycles. The Labute approximate surface area is 382 Å². The molecule has 2 aromatic heterocycles. The monoisotopic (exact) mass is 863 g/mol. The van der Waals surface area contributed by atoms with Gasteiger partial charge in [0.2, 0.25) is 0 Å². The van der Waals surface area contributed by atoms with E-state index in [4.69, 9.17) is 0 Å². The van der Waals surface area contributed by atoms with Gasteiger partial charge in [0, 0.05) is 50.5 Å². The maximum Gasteiger partial charge on any atom is 0.270 e. The van der Waals surface area contributed by atoms with Gasteiger partial charge in [0.1, 0.15) is 0 Å². The summed E-state index contributed by atoms with van der Waals surface area (Å²) in [5, 5.41) is 22.5. The highest BCUT2D eigenvalue weighted by Gasteiger charge is 2.41. The molecule has 0 aliphatic heterocycles. The van der Waals surface area contributed by atoms with Gasteiger partial charge in [-0.05, 0) is 68.3 Å². The highest BCUT2D eigenvalue weighted by atomic mass is 28.3. The molecule has 0 aliphatic rings. The van der Waals surface area contributed by atoms with E-state index in [2.05, 4.69) is 185 Å². The third-order valence-electron chi connectivity index (χ3n) is 13.3. The SMILES string of the molecule is O=[N+]([O-])c1cc(-c2ccccc2)c(-n2c3ccccc3c3cc(-n4c5ccccc5c5ccc([Si](c6ccccc6)(c6ccccc6)c6ccccc6)cc54)ccc32)c(-c2ccccc2)c1. The normalized spacial score (nSPS) is 11.8. The Bertz CT molecular complexity index is 3620. The maximum absolute atomic E-state index is 12.6. The van der Waals surface area contributed by atoms with Crippen molar-refractivity contribution in [2.75, 3.05) is 0 Å². The number of rotatable bonds is 9. The zero-order valence-electron chi connectivity index (χ0n) is 35.8. The van der Waals surface area contributed by atoms with Crippen LogP contribution >= 0.6 is 0 Å². The first-order valence-electron chi connectivity index (χ1n) is 22.3. The van der Waals surface area contributed by atoms with Crippen LogP contribution in [-0.2, 0) is 0 Å². The largest absolute Gasteiger partial charge is 0.309 e. The van der Waals surface area contributed by atoms with E-state index >= 15 is 0 Å². The van der Waals surface area contributed by atoms with Gasteiger partial charge in [0.15, 0.2) is 8.07 Å². The highest BCUT2D eigenvalue weighted by molar-refractivity contribution is 7.20. The minimum absolute atomic E-state index is 0.0455. The quantitative estimate of drug-likeness (QED) is 0.0628. The molecule has 0 atom stereocenters. The molecule has 12 aromatic rings. The Morgan fingerprint density at radius 3 is 1.29 bits per heavy atom. The maximum atomic E-state index is 12.6. The molecule has 312 valence electrons. The van der Waals surface area contributed by atoms with Gasteiger partial charge in [-0.25, -0.2) is 0 Å². The van der Waals surface area contributed by atoms with Gasteiger partial charge in [-0.3, -0.25) is 10.1 Å². The van der Waals surface area contributed by atoms with Gasteiger partial charge >= 0.3 is 0 Å². The van der Waals surface area contributed by atoms with Crippen molar-refractivity contribution in [3.05, 3.63) is 259 Å². The van der Waals surface area contributed by atoms with Crippen molar-refractivity contribution in [3.8, 4) is 33.6 Å². The summed E-state index contributed by atoms with van der Waals surface area (Å²) in [5.74, 6) is 0. The number of hydrogen-bond acceptors (Lipinski definition) is 2. The van der Waals surface area contributed by atoms with E-state index in [0.717, 1.165) is 66.5 Å². The molecule has 0 spiro atoms. The summed E-state index contributed by atoms with van der Waals surface area (Å²) in [6.45, 7) is 0. The summed E-state index contributed by atoms with van der Waals surface area (Å²) in [4.78, 5) is 12.3. The number of hydrogen-bond donors (Lipinski definition) is 0. The second-order valence-electron chi connectivity index (χ2n) is 16.9. The van der Waals surface area contributed by atoms with Gasteiger partial charge in [-0.15, -0.1) is 0 Å². The van der Waals surface area contributed by atoms with Crippen molar-refractivity contribution >= 4 is 78.1 Å². The van der Waals surface area contributed by atoms with E-state index in [-0.39, 0.29) is 10.6 Å². The Hall–Kier alpha value is -8.58. The molecule has 0 N–H and O–H groups in total. The van der Waals surface area contributed by atoms with Gasteiger partial charge in [-0.1, -0.05) is 200 Å². The lowest BCUT2D eigenvalue weighted by molar-refractivity contribution is -0.384. The molecule has 0 unspecified atom stereocenters. The third-order valence-corrected chi connectivity index (χ3v) is 18.1. The van der Waals surface area contributed by atoms with Crippen LogP contribution in [0.15, 0.2) is 249 Å². The highest BCUT2D eigenvalue weighted by Crippen LogP contribution is 2.44. The molecule has 0 fully saturated rings. The number of nitro groups is 1. The van der Waals surface area contributed by atoms with E-state index in [1.54, 1.807) is 12.1 Å². The molecule has 10 aromatic carbocycles. The van der Waals surface area contributed by atoms with E-state index in [0.29, 0.717) is 0 Å². The standard InChI is InChI=1S/C60H41N3O2Si/c64-63(65)45-39-53(42-20-6-1-7-21-42)60(54(40-45)43-22-8-2-9-23-43)62-57-33-19-17-31-51(57)55-38-44(34-37-58(55)62)61-56-32-18-16-30-50(56)52-36-35-49(41-59(52)61)66(46-24-10-3-11-25-46,47-26-12-4-13-27-47)48-28-14-5-15-29-48/h1-41H. The topological polar surface area (TPSA) is 53.0 Å². The van der Waals surface area contributed by atoms with Crippen LogP contribution in [0.5, 0.6) is 0 Å². The Morgan fingerprint density at radius 1 is 0.348 bits per heavy atom. The summed E-state index contributed by atoms with van der Waals surface area (Å²) in [7, 11) is -2.84.